The fourth-order valence-corrected chi connectivity index (χ4v) is 1.97. The number of amides is 1. The summed E-state index contributed by atoms with van der Waals surface area (Å²) in [5.74, 6) is 0. The number of nitrogens with two attached hydrogens (primary N) is 1. The van der Waals surface area contributed by atoms with Gasteiger partial charge in [0, 0.05) is 18.1 Å². The molecule has 5 nitrogen and oxygen atoms in total. The summed E-state index contributed by atoms with van der Waals surface area (Å²) in [5, 5.41) is 5.68. The Morgan fingerprint density at radius 3 is 2.85 bits per heavy atom. The van der Waals surface area contributed by atoms with Crippen LogP contribution in [0.5, 0.6) is 0 Å². The summed E-state index contributed by atoms with van der Waals surface area (Å²) in [7, 11) is 0. The molecule has 1 amide bonds. The van der Waals surface area contributed by atoms with E-state index >= 15 is 0 Å². The van der Waals surface area contributed by atoms with Crippen molar-refractivity contribution in [2.75, 3.05) is 13.2 Å². The molecule has 0 fully saturated rings. The van der Waals surface area contributed by atoms with Crippen molar-refractivity contribution >= 4 is 16.9 Å². The van der Waals surface area contributed by atoms with Crippen LogP contribution in [-0.2, 0) is 11.3 Å². The number of ether oxygens (including phenoxy) is 1. The van der Waals surface area contributed by atoms with E-state index in [1.807, 2.05) is 18.3 Å². The fourth-order valence-electron chi connectivity index (χ4n) is 1.97. The van der Waals surface area contributed by atoms with Gasteiger partial charge >= 0.3 is 6.09 Å². The summed E-state index contributed by atoms with van der Waals surface area (Å²) in [6.07, 6.45) is 2.92. The zero-order valence-corrected chi connectivity index (χ0v) is 11.3. The van der Waals surface area contributed by atoms with Crippen LogP contribution in [-0.4, -0.2) is 24.2 Å². The molecule has 1 aromatic heterocycles. The number of carbonyl (C=O) groups is 1. The molecule has 5 heteroatoms. The largest absolute Gasteiger partial charge is 0.450 e. The van der Waals surface area contributed by atoms with Gasteiger partial charge in [0.25, 0.3) is 0 Å². The van der Waals surface area contributed by atoms with E-state index in [9.17, 15) is 4.79 Å². The molecule has 106 valence electrons. The van der Waals surface area contributed by atoms with Crippen molar-refractivity contribution in [3.63, 3.8) is 0 Å². The molecule has 3 N–H and O–H groups in total. The van der Waals surface area contributed by atoms with Gasteiger partial charge in [0.15, 0.2) is 0 Å². The van der Waals surface area contributed by atoms with Crippen molar-refractivity contribution < 1.29 is 9.53 Å². The third-order valence-electron chi connectivity index (χ3n) is 2.99. The van der Waals surface area contributed by atoms with Crippen molar-refractivity contribution in [3.8, 4) is 0 Å². The molecule has 0 aliphatic heterocycles. The maximum absolute atomic E-state index is 10.4. The molecule has 0 saturated heterocycles. The first-order valence-corrected chi connectivity index (χ1v) is 6.72. The predicted molar refractivity (Wildman–Crippen MR) is 78.2 cm³/mol. The molecule has 20 heavy (non-hydrogen) atoms. The number of aromatic nitrogens is 1. The number of fused-ring (bicyclic) bond motifs is 1. The number of pyridine rings is 1. The number of nitrogens with zero attached hydrogens (tertiary/aromatic N) is 1. The highest BCUT2D eigenvalue weighted by Gasteiger charge is 1.98. The number of benzene rings is 1. The lowest BCUT2D eigenvalue weighted by Gasteiger charge is -2.06. The Bertz CT molecular complexity index is 572. The Morgan fingerprint density at radius 1 is 1.25 bits per heavy atom. The third kappa shape index (κ3) is 4.51. The van der Waals surface area contributed by atoms with Crippen molar-refractivity contribution in [3.05, 3.63) is 42.2 Å². The Kier molecular flexibility index (Phi) is 5.32. The van der Waals surface area contributed by atoms with Crippen LogP contribution in [0.4, 0.5) is 4.79 Å². The Morgan fingerprint density at radius 2 is 2.05 bits per heavy atom. The van der Waals surface area contributed by atoms with Gasteiger partial charge in [-0.15, -0.1) is 0 Å². The van der Waals surface area contributed by atoms with Gasteiger partial charge in [0.1, 0.15) is 0 Å². The smallest absolute Gasteiger partial charge is 0.404 e. The highest BCUT2D eigenvalue weighted by molar-refractivity contribution is 5.81. The van der Waals surface area contributed by atoms with Crippen molar-refractivity contribution in [2.45, 2.75) is 19.4 Å². The second-order valence-electron chi connectivity index (χ2n) is 4.57. The average Bonchev–Trinajstić information content (AvgIpc) is 2.46. The van der Waals surface area contributed by atoms with Gasteiger partial charge in [0.2, 0.25) is 0 Å². The lowest BCUT2D eigenvalue weighted by atomic mass is 10.1. The molecule has 0 atom stereocenters. The van der Waals surface area contributed by atoms with Crippen LogP contribution < -0.4 is 11.1 Å². The number of rotatable bonds is 7. The number of unbranched alkanes of at least 4 members (excludes halogenated alkanes) is 1. The molecule has 0 spiro atoms. The normalized spacial score (nSPS) is 10.6. The van der Waals surface area contributed by atoms with Gasteiger partial charge < -0.3 is 15.8 Å². The van der Waals surface area contributed by atoms with Crippen molar-refractivity contribution in [1.82, 2.24) is 10.3 Å². The number of nitrogens with one attached hydrogen (secondary N) is 1. The molecule has 2 rings (SSSR count). The topological polar surface area (TPSA) is 77.2 Å². The first-order chi connectivity index (χ1) is 9.75. The van der Waals surface area contributed by atoms with E-state index in [0.717, 1.165) is 37.0 Å². The van der Waals surface area contributed by atoms with Crippen molar-refractivity contribution in [1.29, 1.82) is 0 Å². The zero-order valence-electron chi connectivity index (χ0n) is 11.3. The molecule has 0 radical (unpaired) electrons. The monoisotopic (exact) mass is 273 g/mol. The number of hydrogen-bond acceptors (Lipinski definition) is 4. The molecule has 2 aromatic rings. The number of primary amides is 1. The highest BCUT2D eigenvalue weighted by atomic mass is 16.5. The molecule has 1 heterocycles. The van der Waals surface area contributed by atoms with Gasteiger partial charge in [-0.25, -0.2) is 4.79 Å². The van der Waals surface area contributed by atoms with Crippen LogP contribution in [0.1, 0.15) is 18.5 Å². The van der Waals surface area contributed by atoms with E-state index in [4.69, 9.17) is 5.73 Å². The summed E-state index contributed by atoms with van der Waals surface area (Å²) in [6.45, 7) is 1.98. The van der Waals surface area contributed by atoms with Gasteiger partial charge in [-0.2, -0.15) is 0 Å². The van der Waals surface area contributed by atoms with E-state index < -0.39 is 6.09 Å². The maximum Gasteiger partial charge on any atom is 0.404 e. The maximum atomic E-state index is 10.4. The lowest BCUT2D eigenvalue weighted by molar-refractivity contribution is 0.154. The Labute approximate surface area is 118 Å². The molecule has 0 aliphatic carbocycles. The summed E-state index contributed by atoms with van der Waals surface area (Å²) in [6, 6.07) is 10.3. The summed E-state index contributed by atoms with van der Waals surface area (Å²) in [4.78, 5) is 14.8. The molecule has 0 aliphatic rings. The molecule has 0 unspecified atom stereocenters. The van der Waals surface area contributed by atoms with Crippen LogP contribution >= 0.6 is 0 Å². The van der Waals surface area contributed by atoms with Crippen molar-refractivity contribution in [2.24, 2.45) is 5.73 Å². The summed E-state index contributed by atoms with van der Waals surface area (Å²) < 4.78 is 4.65. The van der Waals surface area contributed by atoms with Crippen LogP contribution in [0.25, 0.3) is 10.8 Å². The van der Waals surface area contributed by atoms with Gasteiger partial charge in [-0.3, -0.25) is 4.98 Å². The minimum Gasteiger partial charge on any atom is -0.450 e. The van der Waals surface area contributed by atoms with Gasteiger partial charge in [-0.05, 0) is 30.8 Å². The quantitative estimate of drug-likeness (QED) is 0.758. The Hall–Kier alpha value is -2.14. The molecule has 0 saturated carbocycles. The van der Waals surface area contributed by atoms with E-state index in [1.165, 1.54) is 5.39 Å². The third-order valence-corrected chi connectivity index (χ3v) is 2.99. The summed E-state index contributed by atoms with van der Waals surface area (Å²) in [5.41, 5.74) is 5.89. The standard InChI is InChI=1S/C15H19N3O2/c16-15(19)20-8-4-3-7-17-11-14-9-12-5-1-2-6-13(12)10-18-14/h1-2,5-6,9-10,17H,3-4,7-8,11H2,(H2,16,19). The van der Waals surface area contributed by atoms with E-state index in [1.54, 1.807) is 0 Å². The lowest BCUT2D eigenvalue weighted by Crippen LogP contribution is -2.17. The minimum absolute atomic E-state index is 0.380. The van der Waals surface area contributed by atoms with Crippen LogP contribution in [0, 0.1) is 0 Å². The SMILES string of the molecule is NC(=O)OCCCCNCc1cc2ccccc2cn1. The van der Waals surface area contributed by atoms with Crippen LogP contribution in [0.15, 0.2) is 36.5 Å². The van der Waals surface area contributed by atoms with Gasteiger partial charge in [-0.1, -0.05) is 24.3 Å². The molecule has 1 aromatic carbocycles. The first-order valence-electron chi connectivity index (χ1n) is 6.72. The highest BCUT2D eigenvalue weighted by Crippen LogP contribution is 2.13. The van der Waals surface area contributed by atoms with Crippen LogP contribution in [0.3, 0.4) is 0 Å². The number of hydrogen-bond donors (Lipinski definition) is 2. The van der Waals surface area contributed by atoms with E-state index in [0.29, 0.717) is 6.61 Å². The van der Waals surface area contributed by atoms with E-state index in [-0.39, 0.29) is 0 Å². The van der Waals surface area contributed by atoms with Gasteiger partial charge in [0.05, 0.1) is 12.3 Å². The summed E-state index contributed by atoms with van der Waals surface area (Å²) >= 11 is 0. The molecule has 0 bridgehead atoms. The predicted octanol–water partition coefficient (Wildman–Crippen LogP) is 2.20. The average molecular weight is 273 g/mol. The number of carbonyl (C=O) groups excluding carboxylic acids is 1. The Balaban J connectivity index is 1.69. The zero-order chi connectivity index (χ0) is 14.2. The molecular weight excluding hydrogens is 254 g/mol. The fraction of sp³-hybridized carbons (Fsp3) is 0.333. The second-order valence-corrected chi connectivity index (χ2v) is 4.57. The van der Waals surface area contributed by atoms with E-state index in [2.05, 4.69) is 33.2 Å². The minimum atomic E-state index is -0.710. The first kappa shape index (κ1) is 14.3. The molecular formula is C15H19N3O2. The second kappa shape index (κ2) is 7.45. The van der Waals surface area contributed by atoms with Crippen LogP contribution in [0.2, 0.25) is 0 Å².